The van der Waals surface area contributed by atoms with E-state index in [9.17, 15) is 13.2 Å². The van der Waals surface area contributed by atoms with Crippen LogP contribution in [-0.4, -0.2) is 37.6 Å². The second-order valence-corrected chi connectivity index (χ2v) is 5.10. The Morgan fingerprint density at radius 2 is 1.80 bits per heavy atom. The molecule has 112 valence electrons. The summed E-state index contributed by atoms with van der Waals surface area (Å²) in [4.78, 5) is 4.08. The molecule has 0 amide bonds. The van der Waals surface area contributed by atoms with Gasteiger partial charge in [0.25, 0.3) is 0 Å². The lowest BCUT2D eigenvalue weighted by molar-refractivity contribution is -0.137. The highest BCUT2D eigenvalue weighted by Crippen LogP contribution is 2.38. The molecule has 0 bridgehead atoms. The van der Waals surface area contributed by atoms with Gasteiger partial charge in [0.1, 0.15) is 0 Å². The standard InChI is InChI=1S/C14H20F3N3/c1-2-5-19-6-8-20(9-7-19)13-4-3-11(18)10-12(13)14(15,16)17/h3-4,10H,2,5-9,18H2,1H3. The van der Waals surface area contributed by atoms with Gasteiger partial charge in [0.05, 0.1) is 5.56 Å². The SMILES string of the molecule is CCCN1CCN(c2ccc(N)cc2C(F)(F)F)CC1. The maximum Gasteiger partial charge on any atom is 0.418 e. The molecule has 0 aliphatic carbocycles. The van der Waals surface area contributed by atoms with Crippen LogP contribution in [0.3, 0.4) is 0 Å². The quantitative estimate of drug-likeness (QED) is 0.868. The van der Waals surface area contributed by atoms with Crippen molar-refractivity contribution in [3.8, 4) is 0 Å². The molecule has 1 aromatic rings. The van der Waals surface area contributed by atoms with E-state index in [0.717, 1.165) is 32.1 Å². The van der Waals surface area contributed by atoms with Crippen molar-refractivity contribution in [2.24, 2.45) is 0 Å². The van der Waals surface area contributed by atoms with E-state index in [1.54, 1.807) is 4.90 Å². The first-order valence-electron chi connectivity index (χ1n) is 6.86. The second kappa shape index (κ2) is 5.91. The fraction of sp³-hybridized carbons (Fsp3) is 0.571. The highest BCUT2D eigenvalue weighted by Gasteiger charge is 2.35. The zero-order valence-corrected chi connectivity index (χ0v) is 11.6. The molecule has 2 rings (SSSR count). The van der Waals surface area contributed by atoms with Crippen molar-refractivity contribution in [1.29, 1.82) is 0 Å². The van der Waals surface area contributed by atoms with Gasteiger partial charge in [-0.1, -0.05) is 6.92 Å². The molecule has 0 aromatic heterocycles. The van der Waals surface area contributed by atoms with E-state index < -0.39 is 11.7 Å². The maximum absolute atomic E-state index is 13.1. The van der Waals surface area contributed by atoms with Crippen molar-refractivity contribution in [2.75, 3.05) is 43.4 Å². The predicted octanol–water partition coefficient (Wildman–Crippen LogP) is 2.82. The number of nitrogens with zero attached hydrogens (tertiary/aromatic N) is 2. The molecule has 20 heavy (non-hydrogen) atoms. The predicted molar refractivity (Wildman–Crippen MR) is 74.8 cm³/mol. The minimum atomic E-state index is -4.37. The van der Waals surface area contributed by atoms with E-state index in [2.05, 4.69) is 11.8 Å². The van der Waals surface area contributed by atoms with Crippen molar-refractivity contribution in [3.63, 3.8) is 0 Å². The number of piperazine rings is 1. The summed E-state index contributed by atoms with van der Waals surface area (Å²) < 4.78 is 39.3. The van der Waals surface area contributed by atoms with Gasteiger partial charge in [-0.25, -0.2) is 0 Å². The van der Waals surface area contributed by atoms with E-state index in [1.165, 1.54) is 12.1 Å². The Morgan fingerprint density at radius 1 is 1.15 bits per heavy atom. The smallest absolute Gasteiger partial charge is 0.399 e. The molecular formula is C14H20F3N3. The number of hydrogen-bond acceptors (Lipinski definition) is 3. The number of rotatable bonds is 3. The molecule has 6 heteroatoms. The number of benzene rings is 1. The molecule has 3 nitrogen and oxygen atoms in total. The highest BCUT2D eigenvalue weighted by atomic mass is 19.4. The van der Waals surface area contributed by atoms with Crippen LogP contribution in [0.15, 0.2) is 18.2 Å². The molecule has 0 saturated carbocycles. The molecule has 0 radical (unpaired) electrons. The van der Waals surface area contributed by atoms with Gasteiger partial charge in [0, 0.05) is 37.6 Å². The Balaban J connectivity index is 2.18. The van der Waals surface area contributed by atoms with Crippen LogP contribution in [-0.2, 0) is 6.18 Å². The van der Waals surface area contributed by atoms with Gasteiger partial charge < -0.3 is 10.6 Å². The first-order chi connectivity index (χ1) is 9.41. The van der Waals surface area contributed by atoms with Gasteiger partial charge in [-0.05, 0) is 31.2 Å². The van der Waals surface area contributed by atoms with Crippen LogP contribution in [0.5, 0.6) is 0 Å². The van der Waals surface area contributed by atoms with Crippen LogP contribution in [0.2, 0.25) is 0 Å². The molecule has 1 aliphatic rings. The van der Waals surface area contributed by atoms with Gasteiger partial charge in [-0.3, -0.25) is 4.90 Å². The Hall–Kier alpha value is -1.43. The second-order valence-electron chi connectivity index (χ2n) is 5.10. The van der Waals surface area contributed by atoms with E-state index in [1.807, 2.05) is 0 Å². The molecule has 0 atom stereocenters. The van der Waals surface area contributed by atoms with Gasteiger partial charge in [-0.15, -0.1) is 0 Å². The summed E-state index contributed by atoms with van der Waals surface area (Å²) in [6.07, 6.45) is -3.30. The van der Waals surface area contributed by atoms with Gasteiger partial charge in [0.15, 0.2) is 0 Å². The third kappa shape index (κ3) is 3.36. The lowest BCUT2D eigenvalue weighted by Gasteiger charge is -2.37. The van der Waals surface area contributed by atoms with Crippen molar-refractivity contribution in [1.82, 2.24) is 4.90 Å². The molecule has 1 aromatic carbocycles. The topological polar surface area (TPSA) is 32.5 Å². The average Bonchev–Trinajstić information content (AvgIpc) is 2.39. The summed E-state index contributed by atoms with van der Waals surface area (Å²) in [7, 11) is 0. The van der Waals surface area contributed by atoms with Crippen LogP contribution in [0.25, 0.3) is 0 Å². The summed E-state index contributed by atoms with van der Waals surface area (Å²) in [5.41, 5.74) is 5.23. The van der Waals surface area contributed by atoms with Crippen LogP contribution in [0.1, 0.15) is 18.9 Å². The minimum Gasteiger partial charge on any atom is -0.399 e. The summed E-state index contributed by atoms with van der Waals surface area (Å²) in [6.45, 7) is 5.95. The molecule has 1 heterocycles. The van der Waals surface area contributed by atoms with E-state index >= 15 is 0 Å². The summed E-state index contributed by atoms with van der Waals surface area (Å²) in [5.74, 6) is 0. The summed E-state index contributed by atoms with van der Waals surface area (Å²) >= 11 is 0. The van der Waals surface area contributed by atoms with Gasteiger partial charge in [0.2, 0.25) is 0 Å². The van der Waals surface area contributed by atoms with Crippen molar-refractivity contribution in [2.45, 2.75) is 19.5 Å². The Labute approximate surface area is 117 Å². The molecule has 0 spiro atoms. The van der Waals surface area contributed by atoms with Crippen molar-refractivity contribution < 1.29 is 13.2 Å². The number of alkyl halides is 3. The third-order valence-corrected chi connectivity index (χ3v) is 3.58. The average molecular weight is 287 g/mol. The first-order valence-corrected chi connectivity index (χ1v) is 6.86. The molecule has 1 saturated heterocycles. The summed E-state index contributed by atoms with van der Waals surface area (Å²) in [6, 6.07) is 4.03. The number of hydrogen-bond donors (Lipinski definition) is 1. The largest absolute Gasteiger partial charge is 0.418 e. The van der Waals surface area contributed by atoms with Crippen LogP contribution in [0.4, 0.5) is 24.5 Å². The maximum atomic E-state index is 13.1. The lowest BCUT2D eigenvalue weighted by atomic mass is 10.1. The Morgan fingerprint density at radius 3 is 2.35 bits per heavy atom. The van der Waals surface area contributed by atoms with Gasteiger partial charge >= 0.3 is 6.18 Å². The Kier molecular flexibility index (Phi) is 4.42. The minimum absolute atomic E-state index is 0.144. The molecule has 1 aliphatic heterocycles. The monoisotopic (exact) mass is 287 g/mol. The fourth-order valence-electron chi connectivity index (χ4n) is 2.59. The zero-order valence-electron chi connectivity index (χ0n) is 11.6. The number of nitrogens with two attached hydrogens (primary N) is 1. The van der Waals surface area contributed by atoms with E-state index in [4.69, 9.17) is 5.73 Å². The fourth-order valence-corrected chi connectivity index (χ4v) is 2.59. The molecule has 1 fully saturated rings. The van der Waals surface area contributed by atoms with Crippen LogP contribution >= 0.6 is 0 Å². The molecule has 2 N–H and O–H groups in total. The van der Waals surface area contributed by atoms with Gasteiger partial charge in [-0.2, -0.15) is 13.2 Å². The summed E-state index contributed by atoms with van der Waals surface area (Å²) in [5, 5.41) is 0. The number of halogens is 3. The Bertz CT molecular complexity index is 451. The van der Waals surface area contributed by atoms with E-state index in [-0.39, 0.29) is 11.4 Å². The normalized spacial score (nSPS) is 17.5. The number of anilines is 2. The molecular weight excluding hydrogens is 267 g/mol. The molecule has 0 unspecified atom stereocenters. The number of nitrogen functional groups attached to an aromatic ring is 1. The lowest BCUT2D eigenvalue weighted by Crippen LogP contribution is -2.47. The zero-order chi connectivity index (χ0) is 14.8. The van der Waals surface area contributed by atoms with Crippen LogP contribution < -0.4 is 10.6 Å². The van der Waals surface area contributed by atoms with E-state index in [0.29, 0.717) is 13.1 Å². The highest BCUT2D eigenvalue weighted by molar-refractivity contribution is 5.61. The van der Waals surface area contributed by atoms with Crippen molar-refractivity contribution in [3.05, 3.63) is 23.8 Å². The van der Waals surface area contributed by atoms with Crippen molar-refractivity contribution >= 4 is 11.4 Å². The first kappa shape index (κ1) is 15.0. The third-order valence-electron chi connectivity index (χ3n) is 3.58. The van der Waals surface area contributed by atoms with Crippen LogP contribution in [0, 0.1) is 0 Å².